The number of benzene rings is 2. The monoisotopic (exact) mass is 400 g/mol. The van der Waals surface area contributed by atoms with Crippen molar-refractivity contribution in [3.05, 3.63) is 59.7 Å². The number of aryl methyl sites for hydroxylation is 2. The summed E-state index contributed by atoms with van der Waals surface area (Å²) in [5, 5.41) is 0. The van der Waals surface area contributed by atoms with Crippen LogP contribution in [0.4, 0.5) is 5.69 Å². The molecule has 0 aromatic heterocycles. The van der Waals surface area contributed by atoms with Crippen LogP contribution in [-0.4, -0.2) is 38.9 Å². The molecular formula is C22H28N2O3S. The van der Waals surface area contributed by atoms with Gasteiger partial charge in [-0.1, -0.05) is 37.1 Å². The van der Waals surface area contributed by atoms with Gasteiger partial charge in [0.25, 0.3) is 10.0 Å². The standard InChI is InChI=1S/C22H28N2O3S/c1-18-14-19(2)16-20(15-18)24(28(26,27)21-10-6-5-7-11-21)17-22(25)23-12-8-3-4-9-13-23/h5-7,10-11,14-16H,3-4,8-9,12-13,17H2,1-2H3. The fraction of sp³-hybridized carbons (Fsp3) is 0.409. The van der Waals surface area contributed by atoms with Gasteiger partial charge in [0, 0.05) is 13.1 Å². The summed E-state index contributed by atoms with van der Waals surface area (Å²) >= 11 is 0. The van der Waals surface area contributed by atoms with Gasteiger partial charge in [-0.3, -0.25) is 9.10 Å². The molecule has 1 saturated heterocycles. The third kappa shape index (κ3) is 4.73. The molecule has 1 amide bonds. The number of hydrogen-bond acceptors (Lipinski definition) is 3. The number of anilines is 1. The number of hydrogen-bond donors (Lipinski definition) is 0. The molecule has 1 heterocycles. The van der Waals surface area contributed by atoms with Gasteiger partial charge in [0.05, 0.1) is 10.6 Å². The van der Waals surface area contributed by atoms with E-state index in [4.69, 9.17) is 0 Å². The Morgan fingerprint density at radius 2 is 1.50 bits per heavy atom. The van der Waals surface area contributed by atoms with E-state index in [9.17, 15) is 13.2 Å². The van der Waals surface area contributed by atoms with E-state index in [1.807, 2.05) is 36.9 Å². The summed E-state index contributed by atoms with van der Waals surface area (Å²) in [6, 6.07) is 14.0. The van der Waals surface area contributed by atoms with E-state index in [-0.39, 0.29) is 17.3 Å². The summed E-state index contributed by atoms with van der Waals surface area (Å²) in [6.07, 6.45) is 4.18. The molecule has 0 spiro atoms. The van der Waals surface area contributed by atoms with Gasteiger partial charge in [0.1, 0.15) is 6.54 Å². The van der Waals surface area contributed by atoms with Crippen molar-refractivity contribution in [3.8, 4) is 0 Å². The lowest BCUT2D eigenvalue weighted by molar-refractivity contribution is -0.129. The quantitative estimate of drug-likeness (QED) is 0.765. The van der Waals surface area contributed by atoms with Gasteiger partial charge >= 0.3 is 0 Å². The molecule has 0 aliphatic carbocycles. The van der Waals surface area contributed by atoms with Crippen LogP contribution in [0.5, 0.6) is 0 Å². The molecule has 5 nitrogen and oxygen atoms in total. The fourth-order valence-corrected chi connectivity index (χ4v) is 5.09. The minimum atomic E-state index is -3.84. The highest BCUT2D eigenvalue weighted by molar-refractivity contribution is 7.92. The number of likely N-dealkylation sites (tertiary alicyclic amines) is 1. The number of carbonyl (C=O) groups is 1. The van der Waals surface area contributed by atoms with E-state index in [0.29, 0.717) is 18.8 Å². The third-order valence-electron chi connectivity index (χ3n) is 5.06. The smallest absolute Gasteiger partial charge is 0.264 e. The van der Waals surface area contributed by atoms with Crippen molar-refractivity contribution in [3.63, 3.8) is 0 Å². The third-order valence-corrected chi connectivity index (χ3v) is 6.85. The normalized spacial score (nSPS) is 15.1. The molecule has 0 atom stereocenters. The van der Waals surface area contributed by atoms with Gasteiger partial charge < -0.3 is 4.90 Å². The maximum Gasteiger partial charge on any atom is 0.264 e. The lowest BCUT2D eigenvalue weighted by Crippen LogP contribution is -2.43. The van der Waals surface area contributed by atoms with E-state index < -0.39 is 10.0 Å². The SMILES string of the molecule is Cc1cc(C)cc(N(CC(=O)N2CCCCCC2)S(=O)(=O)c2ccccc2)c1. The molecule has 6 heteroatoms. The molecule has 0 saturated carbocycles. The average molecular weight is 401 g/mol. The Kier molecular flexibility index (Phi) is 6.39. The van der Waals surface area contributed by atoms with Crippen LogP contribution in [0.3, 0.4) is 0 Å². The molecule has 1 aliphatic rings. The van der Waals surface area contributed by atoms with Gasteiger partial charge in [-0.25, -0.2) is 8.42 Å². The van der Waals surface area contributed by atoms with E-state index in [1.54, 1.807) is 30.3 Å². The number of sulfonamides is 1. The fourth-order valence-electron chi connectivity index (χ4n) is 3.67. The van der Waals surface area contributed by atoms with E-state index in [2.05, 4.69) is 0 Å². The minimum absolute atomic E-state index is 0.138. The summed E-state index contributed by atoms with van der Waals surface area (Å²) in [5.41, 5.74) is 2.46. The van der Waals surface area contributed by atoms with Crippen molar-refractivity contribution in [1.29, 1.82) is 0 Å². The van der Waals surface area contributed by atoms with Crippen LogP contribution < -0.4 is 4.31 Å². The molecular weight excluding hydrogens is 372 g/mol. The average Bonchev–Trinajstić information content (AvgIpc) is 2.95. The van der Waals surface area contributed by atoms with Crippen molar-refractivity contribution in [2.24, 2.45) is 0 Å². The highest BCUT2D eigenvalue weighted by Crippen LogP contribution is 2.26. The van der Waals surface area contributed by atoms with Gasteiger partial charge in [-0.05, 0) is 62.1 Å². The Morgan fingerprint density at radius 3 is 2.07 bits per heavy atom. The Morgan fingerprint density at radius 1 is 0.929 bits per heavy atom. The molecule has 0 unspecified atom stereocenters. The maximum atomic E-state index is 13.4. The molecule has 0 radical (unpaired) electrons. The number of nitrogens with zero attached hydrogens (tertiary/aromatic N) is 2. The van der Waals surface area contributed by atoms with Crippen molar-refractivity contribution in [1.82, 2.24) is 4.90 Å². The summed E-state index contributed by atoms with van der Waals surface area (Å²) < 4.78 is 28.1. The molecule has 28 heavy (non-hydrogen) atoms. The van der Waals surface area contributed by atoms with Crippen LogP contribution in [0.15, 0.2) is 53.4 Å². The molecule has 2 aromatic carbocycles. The van der Waals surface area contributed by atoms with Crippen LogP contribution in [0.25, 0.3) is 0 Å². The first kappa shape index (κ1) is 20.4. The van der Waals surface area contributed by atoms with Crippen molar-refractivity contribution < 1.29 is 13.2 Å². The Labute approximate surface area is 168 Å². The first-order chi connectivity index (χ1) is 13.4. The van der Waals surface area contributed by atoms with Crippen LogP contribution in [0.2, 0.25) is 0 Å². The van der Waals surface area contributed by atoms with Crippen molar-refractivity contribution >= 4 is 21.6 Å². The van der Waals surface area contributed by atoms with Crippen LogP contribution >= 0.6 is 0 Å². The largest absolute Gasteiger partial charge is 0.341 e. The van der Waals surface area contributed by atoms with E-state index >= 15 is 0 Å². The maximum absolute atomic E-state index is 13.4. The summed E-state index contributed by atoms with van der Waals surface area (Å²) in [6.45, 7) is 5.08. The van der Waals surface area contributed by atoms with Crippen LogP contribution in [0.1, 0.15) is 36.8 Å². The topological polar surface area (TPSA) is 57.7 Å². The molecule has 1 fully saturated rings. The second-order valence-electron chi connectivity index (χ2n) is 7.47. The molecule has 3 rings (SSSR count). The van der Waals surface area contributed by atoms with Crippen molar-refractivity contribution in [2.75, 3.05) is 23.9 Å². The Bertz CT molecular complexity index is 898. The van der Waals surface area contributed by atoms with E-state index in [1.165, 1.54) is 4.31 Å². The summed E-state index contributed by atoms with van der Waals surface area (Å²) in [4.78, 5) is 15.0. The minimum Gasteiger partial charge on any atom is -0.341 e. The number of rotatable bonds is 5. The zero-order valence-electron chi connectivity index (χ0n) is 16.6. The van der Waals surface area contributed by atoms with Gasteiger partial charge in [0.2, 0.25) is 5.91 Å². The molecule has 1 aliphatic heterocycles. The van der Waals surface area contributed by atoms with Gasteiger partial charge in [0.15, 0.2) is 0 Å². The second kappa shape index (κ2) is 8.78. The van der Waals surface area contributed by atoms with Crippen molar-refractivity contribution in [2.45, 2.75) is 44.4 Å². The first-order valence-corrected chi connectivity index (χ1v) is 11.3. The summed E-state index contributed by atoms with van der Waals surface area (Å²) in [5.74, 6) is -0.138. The summed E-state index contributed by atoms with van der Waals surface area (Å²) in [7, 11) is -3.84. The number of amides is 1. The molecule has 2 aromatic rings. The predicted molar refractivity (Wildman–Crippen MR) is 112 cm³/mol. The lowest BCUT2D eigenvalue weighted by Gasteiger charge is -2.28. The zero-order chi connectivity index (χ0) is 20.1. The second-order valence-corrected chi connectivity index (χ2v) is 9.33. The molecule has 0 N–H and O–H groups in total. The Hall–Kier alpha value is -2.34. The highest BCUT2D eigenvalue weighted by Gasteiger charge is 2.29. The Balaban J connectivity index is 1.98. The molecule has 0 bridgehead atoms. The highest BCUT2D eigenvalue weighted by atomic mass is 32.2. The predicted octanol–water partition coefficient (Wildman–Crippen LogP) is 3.90. The van der Waals surface area contributed by atoms with Gasteiger partial charge in [-0.15, -0.1) is 0 Å². The lowest BCUT2D eigenvalue weighted by atomic mass is 10.1. The van der Waals surface area contributed by atoms with Crippen LogP contribution in [0, 0.1) is 13.8 Å². The zero-order valence-corrected chi connectivity index (χ0v) is 17.4. The van der Waals surface area contributed by atoms with Gasteiger partial charge in [-0.2, -0.15) is 0 Å². The van der Waals surface area contributed by atoms with E-state index in [0.717, 1.165) is 36.8 Å². The van der Waals surface area contributed by atoms with Crippen LogP contribution in [-0.2, 0) is 14.8 Å². The number of carbonyl (C=O) groups excluding carboxylic acids is 1. The molecule has 150 valence electrons. The first-order valence-electron chi connectivity index (χ1n) is 9.82.